The lowest BCUT2D eigenvalue weighted by molar-refractivity contribution is 0.562. The molecule has 0 spiro atoms. The molecule has 3 N–H and O–H groups in total. The number of nitrogens with two attached hydrogens (primary N) is 1. The zero-order valence-corrected chi connectivity index (χ0v) is 10.5. The van der Waals surface area contributed by atoms with E-state index in [4.69, 9.17) is 5.73 Å². The second-order valence-corrected chi connectivity index (χ2v) is 5.73. The Bertz CT molecular complexity index is 435. The third kappa shape index (κ3) is 3.53. The lowest BCUT2D eigenvalue weighted by Crippen LogP contribution is -2.37. The summed E-state index contributed by atoms with van der Waals surface area (Å²) in [6.07, 6.45) is 2.81. The quantitative estimate of drug-likeness (QED) is 0.845. The van der Waals surface area contributed by atoms with Gasteiger partial charge in [0.05, 0.1) is 0 Å². The molecule has 1 unspecified atom stereocenters. The van der Waals surface area contributed by atoms with Gasteiger partial charge in [0.25, 0.3) is 0 Å². The topological polar surface area (TPSA) is 85.1 Å². The largest absolute Gasteiger partial charge is 0.329 e. The van der Waals surface area contributed by atoms with Gasteiger partial charge in [0, 0.05) is 29.5 Å². The van der Waals surface area contributed by atoms with E-state index < -0.39 is 10.0 Å². The van der Waals surface area contributed by atoms with E-state index in [2.05, 4.69) is 25.6 Å². The number of nitrogens with one attached hydrogen (secondary N) is 1. The second kappa shape index (κ2) is 5.02. The van der Waals surface area contributed by atoms with Crippen molar-refractivity contribution in [3.63, 3.8) is 0 Å². The Balaban J connectivity index is 2.96. The maximum atomic E-state index is 11.7. The summed E-state index contributed by atoms with van der Waals surface area (Å²) in [6, 6.07) is 1.19. The Labute approximate surface area is 97.3 Å². The molecule has 0 bridgehead atoms. The number of pyridine rings is 1. The zero-order chi connectivity index (χ0) is 11.5. The maximum absolute atomic E-state index is 11.7. The van der Waals surface area contributed by atoms with Gasteiger partial charge < -0.3 is 5.73 Å². The average Bonchev–Trinajstić information content (AvgIpc) is 2.17. The number of nitrogens with zero attached hydrogens (tertiary/aromatic N) is 1. The van der Waals surface area contributed by atoms with Gasteiger partial charge in [0.15, 0.2) is 0 Å². The number of halogens is 1. The fourth-order valence-corrected chi connectivity index (χ4v) is 2.68. The lowest BCUT2D eigenvalue weighted by Gasteiger charge is -2.11. The molecule has 0 aliphatic carbocycles. The van der Waals surface area contributed by atoms with Crippen LogP contribution >= 0.6 is 15.9 Å². The summed E-state index contributed by atoms with van der Waals surface area (Å²) in [4.78, 5) is 3.91. The molecular weight excluding hydrogens is 282 g/mol. The van der Waals surface area contributed by atoms with E-state index in [-0.39, 0.29) is 17.5 Å². The standard InChI is InChI=1S/C8H12BrN3O2S/c1-6(3-10)12-15(13,14)8-2-7(9)4-11-5-8/h2,4-6,12H,3,10H2,1H3. The third-order valence-electron chi connectivity index (χ3n) is 1.70. The van der Waals surface area contributed by atoms with Gasteiger partial charge in [-0.1, -0.05) is 0 Å². The predicted molar refractivity (Wildman–Crippen MR) is 60.8 cm³/mol. The van der Waals surface area contributed by atoms with Gasteiger partial charge >= 0.3 is 0 Å². The first-order valence-electron chi connectivity index (χ1n) is 4.28. The minimum absolute atomic E-state index is 0.122. The highest BCUT2D eigenvalue weighted by Gasteiger charge is 2.16. The van der Waals surface area contributed by atoms with Crippen molar-refractivity contribution in [3.05, 3.63) is 22.9 Å². The summed E-state index contributed by atoms with van der Waals surface area (Å²) < 4.78 is 26.5. The van der Waals surface area contributed by atoms with E-state index in [0.29, 0.717) is 4.47 Å². The van der Waals surface area contributed by atoms with Crippen LogP contribution in [0.5, 0.6) is 0 Å². The van der Waals surface area contributed by atoms with Crippen molar-refractivity contribution in [1.29, 1.82) is 0 Å². The van der Waals surface area contributed by atoms with Crippen LogP contribution in [0.1, 0.15) is 6.92 Å². The molecule has 0 aliphatic heterocycles. The van der Waals surface area contributed by atoms with Gasteiger partial charge in [-0.05, 0) is 28.9 Å². The fraction of sp³-hybridized carbons (Fsp3) is 0.375. The van der Waals surface area contributed by atoms with Gasteiger partial charge in [-0.25, -0.2) is 13.1 Å². The molecule has 0 amide bonds. The van der Waals surface area contributed by atoms with Crippen molar-refractivity contribution in [2.75, 3.05) is 6.54 Å². The van der Waals surface area contributed by atoms with Gasteiger partial charge in [0.1, 0.15) is 4.90 Å². The van der Waals surface area contributed by atoms with Crippen LogP contribution < -0.4 is 10.5 Å². The SMILES string of the molecule is CC(CN)NS(=O)(=O)c1cncc(Br)c1. The van der Waals surface area contributed by atoms with E-state index in [1.807, 2.05) is 0 Å². The smallest absolute Gasteiger partial charge is 0.242 e. The number of rotatable bonds is 4. The maximum Gasteiger partial charge on any atom is 0.242 e. The molecule has 0 saturated heterocycles. The molecule has 1 heterocycles. The summed E-state index contributed by atoms with van der Waals surface area (Å²) in [5, 5.41) is 0. The van der Waals surface area contributed by atoms with E-state index in [1.54, 1.807) is 6.92 Å². The zero-order valence-electron chi connectivity index (χ0n) is 8.14. The van der Waals surface area contributed by atoms with Crippen molar-refractivity contribution >= 4 is 26.0 Å². The Hall–Kier alpha value is -0.500. The monoisotopic (exact) mass is 293 g/mol. The fourth-order valence-electron chi connectivity index (χ4n) is 0.920. The summed E-state index contributed by atoms with van der Waals surface area (Å²) in [5.74, 6) is 0. The number of sulfonamides is 1. The van der Waals surface area contributed by atoms with E-state index >= 15 is 0 Å². The van der Waals surface area contributed by atoms with E-state index in [0.717, 1.165) is 0 Å². The summed E-state index contributed by atoms with van der Waals surface area (Å²) in [7, 11) is -3.52. The van der Waals surface area contributed by atoms with Gasteiger partial charge in [0.2, 0.25) is 10.0 Å². The predicted octanol–water partition coefficient (Wildman–Crippen LogP) is 0.470. The van der Waals surface area contributed by atoms with Crippen molar-refractivity contribution in [3.8, 4) is 0 Å². The number of hydrogen-bond acceptors (Lipinski definition) is 4. The Morgan fingerprint density at radius 3 is 2.80 bits per heavy atom. The van der Waals surface area contributed by atoms with Crippen LogP contribution in [0, 0.1) is 0 Å². The van der Waals surface area contributed by atoms with Gasteiger partial charge in [-0.3, -0.25) is 4.98 Å². The summed E-state index contributed by atoms with van der Waals surface area (Å²) >= 11 is 3.16. The molecule has 84 valence electrons. The Morgan fingerprint density at radius 2 is 2.27 bits per heavy atom. The minimum Gasteiger partial charge on any atom is -0.329 e. The first kappa shape index (κ1) is 12.6. The van der Waals surface area contributed by atoms with Gasteiger partial charge in [-0.2, -0.15) is 0 Å². The molecule has 1 atom stereocenters. The highest BCUT2D eigenvalue weighted by Crippen LogP contribution is 2.14. The van der Waals surface area contributed by atoms with E-state index in [1.165, 1.54) is 18.5 Å². The molecule has 0 fully saturated rings. The minimum atomic E-state index is -3.52. The van der Waals surface area contributed by atoms with Crippen LogP contribution in [0.15, 0.2) is 27.8 Å². The van der Waals surface area contributed by atoms with Crippen LogP contribution in [0.3, 0.4) is 0 Å². The Kier molecular flexibility index (Phi) is 4.21. The van der Waals surface area contributed by atoms with Gasteiger partial charge in [-0.15, -0.1) is 0 Å². The molecular formula is C8H12BrN3O2S. The van der Waals surface area contributed by atoms with Crippen LogP contribution in [-0.4, -0.2) is 26.0 Å². The average molecular weight is 294 g/mol. The van der Waals surface area contributed by atoms with E-state index in [9.17, 15) is 8.42 Å². The molecule has 7 heteroatoms. The Morgan fingerprint density at radius 1 is 1.60 bits per heavy atom. The molecule has 1 aromatic heterocycles. The van der Waals surface area contributed by atoms with Crippen molar-refractivity contribution in [2.24, 2.45) is 5.73 Å². The first-order chi connectivity index (χ1) is 6.95. The molecule has 1 aromatic rings. The van der Waals surface area contributed by atoms with Crippen LogP contribution in [0.2, 0.25) is 0 Å². The first-order valence-corrected chi connectivity index (χ1v) is 6.56. The van der Waals surface area contributed by atoms with Crippen molar-refractivity contribution < 1.29 is 8.42 Å². The van der Waals surface area contributed by atoms with Crippen molar-refractivity contribution in [2.45, 2.75) is 17.9 Å². The number of hydrogen-bond donors (Lipinski definition) is 2. The highest BCUT2D eigenvalue weighted by atomic mass is 79.9. The summed E-state index contributed by atoms with van der Waals surface area (Å²) in [5.41, 5.74) is 5.34. The third-order valence-corrected chi connectivity index (χ3v) is 3.69. The van der Waals surface area contributed by atoms with Crippen LogP contribution in [-0.2, 0) is 10.0 Å². The molecule has 0 radical (unpaired) electrons. The van der Waals surface area contributed by atoms with Crippen molar-refractivity contribution in [1.82, 2.24) is 9.71 Å². The second-order valence-electron chi connectivity index (χ2n) is 3.10. The summed E-state index contributed by atoms with van der Waals surface area (Å²) in [6.45, 7) is 1.95. The molecule has 5 nitrogen and oxygen atoms in total. The normalized spacial score (nSPS) is 13.8. The van der Waals surface area contributed by atoms with Crippen LogP contribution in [0.4, 0.5) is 0 Å². The highest BCUT2D eigenvalue weighted by molar-refractivity contribution is 9.10. The molecule has 1 rings (SSSR count). The number of aromatic nitrogens is 1. The molecule has 15 heavy (non-hydrogen) atoms. The molecule has 0 aliphatic rings. The van der Waals surface area contributed by atoms with Crippen LogP contribution in [0.25, 0.3) is 0 Å². The molecule has 0 aromatic carbocycles. The molecule has 0 saturated carbocycles. The lowest BCUT2D eigenvalue weighted by atomic mass is 10.4.